The third-order valence-electron chi connectivity index (χ3n) is 2.68. The van der Waals surface area contributed by atoms with Gasteiger partial charge in [-0.15, -0.1) is 0 Å². The standard InChI is InChI=1S/C13H13NO4S/c15-13(16)11-8-4-5-9-12(11)14-19(17,18)10-6-2-1-3-7-10/h1-3,6-9,14H,4-5H2,(H,15,16). The second kappa shape index (κ2) is 5.27. The van der Waals surface area contributed by atoms with E-state index in [2.05, 4.69) is 4.72 Å². The van der Waals surface area contributed by atoms with Gasteiger partial charge < -0.3 is 5.11 Å². The molecule has 6 heteroatoms. The van der Waals surface area contributed by atoms with Gasteiger partial charge in [0.2, 0.25) is 0 Å². The molecule has 0 aromatic heterocycles. The lowest BCUT2D eigenvalue weighted by atomic mass is 10.0. The molecule has 0 radical (unpaired) electrons. The molecule has 0 amide bonds. The average Bonchev–Trinajstić information content (AvgIpc) is 2.39. The van der Waals surface area contributed by atoms with Gasteiger partial charge in [-0.3, -0.25) is 4.72 Å². The molecule has 2 N–H and O–H groups in total. The fourth-order valence-corrected chi connectivity index (χ4v) is 2.89. The van der Waals surface area contributed by atoms with Gasteiger partial charge in [0.1, 0.15) is 0 Å². The number of rotatable bonds is 4. The van der Waals surface area contributed by atoms with Crippen LogP contribution in [0.2, 0.25) is 0 Å². The molecule has 1 aromatic carbocycles. The highest BCUT2D eigenvalue weighted by Gasteiger charge is 2.21. The number of nitrogens with one attached hydrogen (secondary N) is 1. The molecule has 0 unspecified atom stereocenters. The monoisotopic (exact) mass is 279 g/mol. The molecule has 1 aliphatic carbocycles. The summed E-state index contributed by atoms with van der Waals surface area (Å²) in [4.78, 5) is 11.1. The zero-order valence-corrected chi connectivity index (χ0v) is 10.9. The van der Waals surface area contributed by atoms with E-state index < -0.39 is 16.0 Å². The lowest BCUT2D eigenvalue weighted by molar-refractivity contribution is -0.132. The van der Waals surface area contributed by atoms with Crippen molar-refractivity contribution in [3.63, 3.8) is 0 Å². The van der Waals surface area contributed by atoms with Gasteiger partial charge in [-0.25, -0.2) is 13.2 Å². The normalized spacial score (nSPS) is 15.4. The van der Waals surface area contributed by atoms with Gasteiger partial charge in [0, 0.05) is 0 Å². The lowest BCUT2D eigenvalue weighted by Crippen LogP contribution is -2.27. The Morgan fingerprint density at radius 1 is 1.11 bits per heavy atom. The molecule has 100 valence electrons. The fourth-order valence-electron chi connectivity index (χ4n) is 1.78. The maximum atomic E-state index is 12.1. The van der Waals surface area contributed by atoms with Crippen molar-refractivity contribution in [3.8, 4) is 0 Å². The summed E-state index contributed by atoms with van der Waals surface area (Å²) in [5.41, 5.74) is 0.119. The minimum atomic E-state index is -3.75. The molecule has 0 fully saturated rings. The van der Waals surface area contributed by atoms with Gasteiger partial charge in [0.25, 0.3) is 10.0 Å². The van der Waals surface area contributed by atoms with E-state index in [1.165, 1.54) is 18.2 Å². The summed E-state index contributed by atoms with van der Waals surface area (Å²) >= 11 is 0. The van der Waals surface area contributed by atoms with Gasteiger partial charge in [-0.1, -0.05) is 30.4 Å². The molecule has 0 heterocycles. The number of sulfonamides is 1. The number of carboxylic acid groups (broad SMARTS) is 1. The van der Waals surface area contributed by atoms with E-state index >= 15 is 0 Å². The zero-order chi connectivity index (χ0) is 13.9. The highest BCUT2D eigenvalue weighted by molar-refractivity contribution is 7.89. The van der Waals surface area contributed by atoms with E-state index in [1.807, 2.05) is 0 Å². The minimum absolute atomic E-state index is 0.00856. The van der Waals surface area contributed by atoms with Gasteiger partial charge in [0.05, 0.1) is 16.2 Å². The van der Waals surface area contributed by atoms with Crippen LogP contribution in [0.15, 0.2) is 58.6 Å². The molecule has 0 aliphatic heterocycles. The molecular weight excluding hydrogens is 266 g/mol. The topological polar surface area (TPSA) is 83.5 Å². The first-order chi connectivity index (χ1) is 9.00. The lowest BCUT2D eigenvalue weighted by Gasteiger charge is -2.15. The molecule has 0 saturated carbocycles. The quantitative estimate of drug-likeness (QED) is 0.878. The van der Waals surface area contributed by atoms with Crippen LogP contribution in [0.3, 0.4) is 0 Å². The van der Waals surface area contributed by atoms with Crippen molar-refractivity contribution < 1.29 is 18.3 Å². The third kappa shape index (κ3) is 3.03. The molecular formula is C13H13NO4S. The number of aliphatic carboxylic acids is 1. The second-order valence-corrected chi connectivity index (χ2v) is 5.72. The average molecular weight is 279 g/mol. The smallest absolute Gasteiger partial charge is 0.337 e. The first-order valence-electron chi connectivity index (χ1n) is 5.72. The van der Waals surface area contributed by atoms with Crippen molar-refractivity contribution in [1.82, 2.24) is 4.72 Å². The fraction of sp³-hybridized carbons (Fsp3) is 0.154. The van der Waals surface area contributed by atoms with Crippen LogP contribution in [-0.2, 0) is 14.8 Å². The summed E-state index contributed by atoms with van der Waals surface area (Å²) < 4.78 is 26.5. The van der Waals surface area contributed by atoms with Crippen LogP contribution in [0.25, 0.3) is 0 Å². The van der Waals surface area contributed by atoms with Gasteiger partial charge in [-0.2, -0.15) is 0 Å². The number of benzene rings is 1. The largest absolute Gasteiger partial charge is 0.478 e. The van der Waals surface area contributed by atoms with Crippen molar-refractivity contribution in [2.24, 2.45) is 0 Å². The van der Waals surface area contributed by atoms with Crippen LogP contribution in [-0.4, -0.2) is 19.5 Å². The number of hydrogen-bond acceptors (Lipinski definition) is 3. The predicted octanol–water partition coefficient (Wildman–Crippen LogP) is 1.65. The molecule has 19 heavy (non-hydrogen) atoms. The molecule has 5 nitrogen and oxygen atoms in total. The summed E-state index contributed by atoms with van der Waals surface area (Å²) in [5.74, 6) is -1.14. The molecule has 0 atom stereocenters. The van der Waals surface area contributed by atoms with Gasteiger partial charge >= 0.3 is 5.97 Å². The first kappa shape index (κ1) is 13.4. The summed E-state index contributed by atoms with van der Waals surface area (Å²) in [7, 11) is -3.75. The SMILES string of the molecule is O=C(O)C1=CCCC=C1NS(=O)(=O)c1ccccc1. The van der Waals surface area contributed by atoms with Crippen molar-refractivity contribution in [2.45, 2.75) is 17.7 Å². The number of hydrogen-bond donors (Lipinski definition) is 2. The zero-order valence-electron chi connectivity index (χ0n) is 10.0. The summed E-state index contributed by atoms with van der Waals surface area (Å²) in [6.07, 6.45) is 4.32. The van der Waals surface area contributed by atoms with E-state index in [1.54, 1.807) is 24.3 Å². The van der Waals surface area contributed by atoms with Crippen molar-refractivity contribution in [1.29, 1.82) is 0 Å². The highest BCUT2D eigenvalue weighted by atomic mass is 32.2. The predicted molar refractivity (Wildman–Crippen MR) is 69.8 cm³/mol. The number of allylic oxidation sites excluding steroid dienone is 2. The van der Waals surface area contributed by atoms with Gasteiger partial charge in [-0.05, 0) is 25.0 Å². The summed E-state index contributed by atoms with van der Waals surface area (Å²) in [6, 6.07) is 7.84. The highest BCUT2D eigenvalue weighted by Crippen LogP contribution is 2.19. The van der Waals surface area contributed by atoms with E-state index in [4.69, 9.17) is 5.11 Å². The third-order valence-corrected chi connectivity index (χ3v) is 4.06. The summed E-state index contributed by atoms with van der Waals surface area (Å²) in [6.45, 7) is 0. The Balaban J connectivity index is 2.28. The van der Waals surface area contributed by atoms with Crippen LogP contribution in [0, 0.1) is 0 Å². The molecule has 1 aromatic rings. The second-order valence-electron chi connectivity index (χ2n) is 4.04. The molecule has 1 aliphatic rings. The Labute approximate surface area is 111 Å². The summed E-state index contributed by atoms with van der Waals surface area (Å²) in [5, 5.41) is 9.03. The van der Waals surface area contributed by atoms with Crippen LogP contribution in [0.4, 0.5) is 0 Å². The van der Waals surface area contributed by atoms with Gasteiger partial charge in [0.15, 0.2) is 0 Å². The van der Waals surface area contributed by atoms with Crippen molar-refractivity contribution in [3.05, 3.63) is 53.8 Å². The Morgan fingerprint density at radius 3 is 2.37 bits per heavy atom. The van der Waals surface area contributed by atoms with Crippen LogP contribution in [0.5, 0.6) is 0 Å². The Bertz CT molecular complexity index is 644. The molecule has 0 spiro atoms. The Kier molecular flexibility index (Phi) is 3.71. The maximum absolute atomic E-state index is 12.1. The molecule has 0 bridgehead atoms. The number of carboxylic acids is 1. The van der Waals surface area contributed by atoms with E-state index in [0.29, 0.717) is 12.8 Å². The number of carbonyl (C=O) groups is 1. The van der Waals surface area contributed by atoms with E-state index in [-0.39, 0.29) is 16.2 Å². The Hall–Kier alpha value is -2.08. The molecule has 2 rings (SSSR count). The van der Waals surface area contributed by atoms with E-state index in [9.17, 15) is 13.2 Å². The van der Waals surface area contributed by atoms with Crippen molar-refractivity contribution in [2.75, 3.05) is 0 Å². The minimum Gasteiger partial charge on any atom is -0.478 e. The van der Waals surface area contributed by atoms with Crippen LogP contribution < -0.4 is 4.72 Å². The van der Waals surface area contributed by atoms with Crippen LogP contribution >= 0.6 is 0 Å². The van der Waals surface area contributed by atoms with E-state index in [0.717, 1.165) is 0 Å². The van der Waals surface area contributed by atoms with Crippen LogP contribution in [0.1, 0.15) is 12.8 Å². The Morgan fingerprint density at radius 2 is 1.74 bits per heavy atom. The maximum Gasteiger partial charge on any atom is 0.337 e. The first-order valence-corrected chi connectivity index (χ1v) is 7.21. The van der Waals surface area contributed by atoms with Crippen molar-refractivity contribution >= 4 is 16.0 Å². The molecule has 0 saturated heterocycles.